The molecule has 0 aromatic carbocycles. The molecule has 0 amide bonds. The molecule has 0 aliphatic carbocycles. The van der Waals surface area contributed by atoms with Crippen molar-refractivity contribution in [2.75, 3.05) is 6.61 Å². The van der Waals surface area contributed by atoms with Gasteiger partial charge < -0.3 is 4.74 Å². The first kappa shape index (κ1) is 10.6. The molecule has 0 aliphatic heterocycles. The molecule has 0 spiro atoms. The highest BCUT2D eigenvalue weighted by Gasteiger charge is 2.04. The largest absolute Gasteiger partial charge is 0.457 e. The second kappa shape index (κ2) is 6.06. The van der Waals surface area contributed by atoms with Gasteiger partial charge in [0.05, 0.1) is 6.61 Å². The van der Waals surface area contributed by atoms with E-state index < -0.39 is 0 Å². The number of unbranched alkanes of at least 4 members (excludes halogenated alkanes) is 1. The van der Waals surface area contributed by atoms with Gasteiger partial charge in [0.2, 0.25) is 0 Å². The quantitative estimate of drug-likeness (QED) is 0.580. The van der Waals surface area contributed by atoms with E-state index in [0.29, 0.717) is 6.42 Å². The molecule has 77 valence electrons. The standard InChI is InChI=1S/C8H13N4O2/c1-2-3-5-12-8(9-10-11-12)4-6-14-7-13/h2-6H2,1H3. The molecule has 0 saturated carbocycles. The molecule has 0 fully saturated rings. The first-order valence-electron chi connectivity index (χ1n) is 4.62. The van der Waals surface area contributed by atoms with Gasteiger partial charge in [-0.15, -0.1) is 5.10 Å². The van der Waals surface area contributed by atoms with Crippen molar-refractivity contribution in [3.8, 4) is 0 Å². The molecule has 1 aromatic heterocycles. The van der Waals surface area contributed by atoms with Crippen molar-refractivity contribution < 1.29 is 9.53 Å². The topological polar surface area (TPSA) is 69.9 Å². The number of hydrogen-bond donors (Lipinski definition) is 0. The van der Waals surface area contributed by atoms with Crippen molar-refractivity contribution >= 4 is 6.47 Å². The molecule has 6 heteroatoms. The minimum Gasteiger partial charge on any atom is -0.457 e. The fourth-order valence-corrected chi connectivity index (χ4v) is 1.07. The smallest absolute Gasteiger partial charge is 0.417 e. The third kappa shape index (κ3) is 3.12. The number of tetrazole rings is 1. The van der Waals surface area contributed by atoms with Crippen LogP contribution in [-0.4, -0.2) is 33.3 Å². The predicted molar refractivity (Wildman–Crippen MR) is 48.1 cm³/mol. The average Bonchev–Trinajstić information content (AvgIpc) is 2.63. The predicted octanol–water partition coefficient (Wildman–Crippen LogP) is 0.0995. The summed E-state index contributed by atoms with van der Waals surface area (Å²) in [5.74, 6) is 0.744. The van der Waals surface area contributed by atoms with Crippen LogP contribution in [0.4, 0.5) is 0 Å². The highest BCUT2D eigenvalue weighted by atomic mass is 16.5. The van der Waals surface area contributed by atoms with Crippen LogP contribution >= 0.6 is 0 Å². The number of ether oxygens (including phenoxy) is 1. The van der Waals surface area contributed by atoms with Crippen LogP contribution in [0.2, 0.25) is 0 Å². The highest BCUT2D eigenvalue weighted by molar-refractivity contribution is 5.38. The van der Waals surface area contributed by atoms with Gasteiger partial charge in [-0.05, 0) is 16.8 Å². The summed E-state index contributed by atoms with van der Waals surface area (Å²) in [5, 5.41) is 11.2. The van der Waals surface area contributed by atoms with Crippen LogP contribution in [0.25, 0.3) is 0 Å². The second-order valence-electron chi connectivity index (χ2n) is 2.85. The van der Waals surface area contributed by atoms with E-state index in [9.17, 15) is 4.79 Å². The minimum absolute atomic E-state index is 0.274. The van der Waals surface area contributed by atoms with Crippen molar-refractivity contribution in [1.82, 2.24) is 20.2 Å². The summed E-state index contributed by atoms with van der Waals surface area (Å²) >= 11 is 0. The lowest BCUT2D eigenvalue weighted by Gasteiger charge is -2.01. The lowest BCUT2D eigenvalue weighted by molar-refractivity contribution is 0.277. The molecule has 1 radical (unpaired) electrons. The van der Waals surface area contributed by atoms with Crippen LogP contribution < -0.4 is 0 Å². The number of rotatable bonds is 7. The fraction of sp³-hybridized carbons (Fsp3) is 0.750. The normalized spacial score (nSPS) is 10.1. The van der Waals surface area contributed by atoms with Crippen molar-refractivity contribution in [2.24, 2.45) is 0 Å². The van der Waals surface area contributed by atoms with E-state index in [1.165, 1.54) is 6.47 Å². The van der Waals surface area contributed by atoms with Gasteiger partial charge >= 0.3 is 6.47 Å². The molecule has 14 heavy (non-hydrogen) atoms. The summed E-state index contributed by atoms with van der Waals surface area (Å²) in [7, 11) is 0. The van der Waals surface area contributed by atoms with Crippen molar-refractivity contribution in [3.63, 3.8) is 0 Å². The van der Waals surface area contributed by atoms with Gasteiger partial charge in [-0.3, -0.25) is 0 Å². The Morgan fingerprint density at radius 1 is 1.57 bits per heavy atom. The summed E-state index contributed by atoms with van der Waals surface area (Å²) in [6.07, 6.45) is 2.67. The van der Waals surface area contributed by atoms with Crippen LogP contribution in [0.1, 0.15) is 25.6 Å². The number of hydrogen-bond acceptors (Lipinski definition) is 5. The van der Waals surface area contributed by atoms with E-state index in [-0.39, 0.29) is 6.61 Å². The molecule has 0 unspecified atom stereocenters. The number of aryl methyl sites for hydroxylation is 1. The first-order valence-corrected chi connectivity index (χ1v) is 4.62. The van der Waals surface area contributed by atoms with Crippen LogP contribution in [0.5, 0.6) is 0 Å². The summed E-state index contributed by atoms with van der Waals surface area (Å²) in [6, 6.07) is 0. The summed E-state index contributed by atoms with van der Waals surface area (Å²) in [6.45, 7) is 4.55. The number of nitrogens with zero attached hydrogens (tertiary/aromatic N) is 4. The van der Waals surface area contributed by atoms with Crippen LogP contribution in [-0.2, 0) is 22.5 Å². The van der Waals surface area contributed by atoms with Gasteiger partial charge in [0, 0.05) is 13.0 Å². The van der Waals surface area contributed by atoms with Gasteiger partial charge in [0.25, 0.3) is 0 Å². The molecular weight excluding hydrogens is 184 g/mol. The fourth-order valence-electron chi connectivity index (χ4n) is 1.07. The zero-order valence-corrected chi connectivity index (χ0v) is 8.14. The molecule has 0 atom stereocenters. The average molecular weight is 197 g/mol. The Bertz CT molecular complexity index is 274. The molecule has 1 rings (SSSR count). The molecule has 0 saturated heterocycles. The van der Waals surface area contributed by atoms with Crippen LogP contribution in [0.3, 0.4) is 0 Å². The lowest BCUT2D eigenvalue weighted by atomic mass is 10.3. The number of aromatic nitrogens is 4. The Morgan fingerprint density at radius 3 is 3.14 bits per heavy atom. The maximum atomic E-state index is 9.78. The zero-order chi connectivity index (χ0) is 10.2. The summed E-state index contributed by atoms with van der Waals surface area (Å²) in [5.41, 5.74) is 0. The van der Waals surface area contributed by atoms with Crippen molar-refractivity contribution in [2.45, 2.75) is 32.7 Å². The van der Waals surface area contributed by atoms with Gasteiger partial charge in [-0.25, -0.2) is 9.48 Å². The molecule has 0 aliphatic rings. The Balaban J connectivity index is 2.40. The summed E-state index contributed by atoms with van der Waals surface area (Å²) < 4.78 is 6.19. The third-order valence-electron chi connectivity index (χ3n) is 1.82. The maximum absolute atomic E-state index is 9.78. The van der Waals surface area contributed by atoms with Crippen molar-refractivity contribution in [3.05, 3.63) is 5.82 Å². The van der Waals surface area contributed by atoms with E-state index in [4.69, 9.17) is 0 Å². The monoisotopic (exact) mass is 197 g/mol. The maximum Gasteiger partial charge on any atom is 0.417 e. The van der Waals surface area contributed by atoms with Gasteiger partial charge in [-0.1, -0.05) is 13.3 Å². The number of carbonyl (C=O) groups excluding carboxylic acids is 1. The van der Waals surface area contributed by atoms with Crippen LogP contribution in [0.15, 0.2) is 0 Å². The van der Waals surface area contributed by atoms with Crippen molar-refractivity contribution in [1.29, 1.82) is 0 Å². The Morgan fingerprint density at radius 2 is 2.43 bits per heavy atom. The SMILES string of the molecule is CCCCn1nnnc1CCO[C]=O. The molecule has 6 nitrogen and oxygen atoms in total. The zero-order valence-electron chi connectivity index (χ0n) is 8.14. The molecule has 0 bridgehead atoms. The molecule has 1 heterocycles. The van der Waals surface area contributed by atoms with E-state index in [0.717, 1.165) is 25.2 Å². The Kier molecular flexibility index (Phi) is 4.60. The van der Waals surface area contributed by atoms with Gasteiger partial charge in [0.1, 0.15) is 0 Å². The minimum atomic E-state index is 0.274. The lowest BCUT2D eigenvalue weighted by Crippen LogP contribution is -2.08. The summed E-state index contributed by atoms with van der Waals surface area (Å²) in [4.78, 5) is 9.78. The Hall–Kier alpha value is -1.46. The first-order chi connectivity index (χ1) is 6.88. The molecular formula is C8H13N4O2. The van der Waals surface area contributed by atoms with Gasteiger partial charge in [0.15, 0.2) is 5.82 Å². The van der Waals surface area contributed by atoms with Crippen LogP contribution in [0, 0.1) is 0 Å². The molecule has 0 N–H and O–H groups in total. The van der Waals surface area contributed by atoms with E-state index in [2.05, 4.69) is 27.2 Å². The van der Waals surface area contributed by atoms with Gasteiger partial charge in [-0.2, -0.15) is 0 Å². The highest BCUT2D eigenvalue weighted by Crippen LogP contribution is 1.97. The Labute approximate surface area is 82.2 Å². The second-order valence-corrected chi connectivity index (χ2v) is 2.85. The third-order valence-corrected chi connectivity index (χ3v) is 1.82. The van der Waals surface area contributed by atoms with E-state index in [1.807, 2.05) is 0 Å². The van der Waals surface area contributed by atoms with E-state index in [1.54, 1.807) is 4.68 Å². The molecule has 1 aromatic rings. The van der Waals surface area contributed by atoms with E-state index >= 15 is 0 Å².